The van der Waals surface area contributed by atoms with Crippen LogP contribution in [0.25, 0.3) is 0 Å². The number of aromatic nitrogens is 1. The summed E-state index contributed by atoms with van der Waals surface area (Å²) >= 11 is 3.39. The van der Waals surface area contributed by atoms with Crippen molar-refractivity contribution in [2.75, 3.05) is 24.5 Å². The highest BCUT2D eigenvalue weighted by Gasteiger charge is 2.40. The van der Waals surface area contributed by atoms with Crippen LogP contribution in [0.15, 0.2) is 16.9 Å². The molecule has 3 rings (SSSR count). The molecule has 96 valence electrons. The van der Waals surface area contributed by atoms with Crippen molar-refractivity contribution in [2.24, 2.45) is 5.92 Å². The number of pyridine rings is 1. The zero-order valence-corrected chi connectivity index (χ0v) is 11.3. The molecule has 0 unspecified atom stereocenters. The molecule has 0 aliphatic carbocycles. The first kappa shape index (κ1) is 11.9. The quantitative estimate of drug-likeness (QED) is 0.662. The van der Waals surface area contributed by atoms with Crippen molar-refractivity contribution in [1.82, 2.24) is 10.3 Å². The lowest BCUT2D eigenvalue weighted by atomic mass is 10.1. The third kappa shape index (κ3) is 1.78. The minimum atomic E-state index is -0.358. The fourth-order valence-electron chi connectivity index (χ4n) is 2.96. The lowest BCUT2D eigenvalue weighted by molar-refractivity contribution is -0.384. The van der Waals surface area contributed by atoms with Crippen molar-refractivity contribution in [3.8, 4) is 0 Å². The van der Waals surface area contributed by atoms with Crippen LogP contribution >= 0.6 is 15.9 Å². The molecule has 7 heteroatoms. The summed E-state index contributed by atoms with van der Waals surface area (Å²) in [6, 6.07) is 0.363. The number of hydrogen-bond donors (Lipinski definition) is 1. The first-order chi connectivity index (χ1) is 8.68. The molecule has 1 aromatic rings. The van der Waals surface area contributed by atoms with Crippen LogP contribution in [0.4, 0.5) is 11.4 Å². The minimum Gasteiger partial charge on any atom is -0.360 e. The third-order valence-electron chi connectivity index (χ3n) is 3.78. The van der Waals surface area contributed by atoms with Crippen molar-refractivity contribution >= 4 is 27.3 Å². The summed E-state index contributed by atoms with van der Waals surface area (Å²) < 4.78 is 0.698. The van der Waals surface area contributed by atoms with Gasteiger partial charge >= 0.3 is 5.69 Å². The standard InChI is InChI=1S/C11H13BrN4O2/c12-8-4-14-6-10(16(17)18)11(8)15-2-1-7-3-13-5-9(7)15/h4,6-7,9,13H,1-3,5H2/t7-,9+/m0/s1. The molecule has 18 heavy (non-hydrogen) atoms. The van der Waals surface area contributed by atoms with Crippen LogP contribution < -0.4 is 10.2 Å². The Morgan fingerprint density at radius 3 is 3.11 bits per heavy atom. The van der Waals surface area contributed by atoms with Gasteiger partial charge in [-0.05, 0) is 28.3 Å². The van der Waals surface area contributed by atoms with E-state index in [1.54, 1.807) is 6.20 Å². The Labute approximate surface area is 113 Å². The molecule has 2 atom stereocenters. The highest BCUT2D eigenvalue weighted by molar-refractivity contribution is 9.10. The molecule has 0 amide bonds. The van der Waals surface area contributed by atoms with Gasteiger partial charge in [0.05, 0.1) is 9.40 Å². The van der Waals surface area contributed by atoms with E-state index in [0.717, 1.165) is 26.1 Å². The largest absolute Gasteiger partial charge is 0.360 e. The van der Waals surface area contributed by atoms with Crippen molar-refractivity contribution in [1.29, 1.82) is 0 Å². The van der Waals surface area contributed by atoms with Crippen LogP contribution in [0.5, 0.6) is 0 Å². The summed E-state index contributed by atoms with van der Waals surface area (Å²) in [5, 5.41) is 14.5. The van der Waals surface area contributed by atoms with Crippen LogP contribution in [0.1, 0.15) is 6.42 Å². The van der Waals surface area contributed by atoms with E-state index in [9.17, 15) is 10.1 Å². The molecule has 0 bridgehead atoms. The van der Waals surface area contributed by atoms with Gasteiger partial charge in [-0.2, -0.15) is 0 Å². The van der Waals surface area contributed by atoms with Crippen LogP contribution in [-0.2, 0) is 0 Å². The molecule has 1 N–H and O–H groups in total. The molecule has 0 aromatic carbocycles. The number of nitro groups is 1. The van der Waals surface area contributed by atoms with Crippen LogP contribution in [0.3, 0.4) is 0 Å². The number of rotatable bonds is 2. The maximum absolute atomic E-state index is 11.1. The van der Waals surface area contributed by atoms with Gasteiger partial charge in [-0.25, -0.2) is 0 Å². The summed E-state index contributed by atoms with van der Waals surface area (Å²) in [6.07, 6.45) is 4.04. The van der Waals surface area contributed by atoms with Gasteiger partial charge in [-0.1, -0.05) is 0 Å². The number of nitrogens with one attached hydrogen (secondary N) is 1. The summed E-state index contributed by atoms with van der Waals surface area (Å²) in [4.78, 5) is 16.8. The Hall–Kier alpha value is -1.21. The first-order valence-electron chi connectivity index (χ1n) is 5.93. The normalized spacial score (nSPS) is 26.4. The maximum Gasteiger partial charge on any atom is 0.311 e. The predicted octanol–water partition coefficient (Wildman–Crippen LogP) is 1.55. The van der Waals surface area contributed by atoms with Gasteiger partial charge in [-0.3, -0.25) is 15.1 Å². The van der Waals surface area contributed by atoms with Gasteiger partial charge < -0.3 is 10.2 Å². The number of hydrogen-bond acceptors (Lipinski definition) is 5. The maximum atomic E-state index is 11.1. The van der Waals surface area contributed by atoms with Gasteiger partial charge in [0.2, 0.25) is 0 Å². The van der Waals surface area contributed by atoms with Crippen molar-refractivity contribution in [3.05, 3.63) is 27.0 Å². The first-order valence-corrected chi connectivity index (χ1v) is 6.73. The molecular weight excluding hydrogens is 300 g/mol. The highest BCUT2D eigenvalue weighted by atomic mass is 79.9. The SMILES string of the molecule is O=[N+]([O-])c1cncc(Br)c1N1CC[C@H]2CNC[C@H]21. The van der Waals surface area contributed by atoms with E-state index in [1.165, 1.54) is 6.20 Å². The van der Waals surface area contributed by atoms with Gasteiger partial charge in [-0.15, -0.1) is 0 Å². The Bertz CT molecular complexity index is 496. The second-order valence-electron chi connectivity index (χ2n) is 4.71. The van der Waals surface area contributed by atoms with Crippen LogP contribution in [-0.4, -0.2) is 35.6 Å². The highest BCUT2D eigenvalue weighted by Crippen LogP contribution is 2.40. The molecule has 6 nitrogen and oxygen atoms in total. The molecule has 0 saturated carbocycles. The average molecular weight is 313 g/mol. The van der Waals surface area contributed by atoms with E-state index < -0.39 is 0 Å². The Kier molecular flexibility index (Phi) is 2.95. The van der Waals surface area contributed by atoms with E-state index in [1.807, 2.05) is 0 Å². The fraction of sp³-hybridized carbons (Fsp3) is 0.545. The fourth-order valence-corrected chi connectivity index (χ4v) is 3.51. The molecule has 3 heterocycles. The molecular formula is C11H13BrN4O2. The average Bonchev–Trinajstić information content (AvgIpc) is 2.91. The van der Waals surface area contributed by atoms with Gasteiger partial charge in [0, 0.05) is 31.9 Å². The topological polar surface area (TPSA) is 71.3 Å². The Balaban J connectivity index is 2.03. The molecule has 0 spiro atoms. The molecule has 2 saturated heterocycles. The second kappa shape index (κ2) is 4.47. The monoisotopic (exact) mass is 312 g/mol. The van der Waals surface area contributed by atoms with Crippen LogP contribution in [0, 0.1) is 16.0 Å². The zero-order valence-electron chi connectivity index (χ0n) is 9.67. The number of nitrogens with zero attached hydrogens (tertiary/aromatic N) is 3. The summed E-state index contributed by atoms with van der Waals surface area (Å²) in [6.45, 7) is 2.79. The third-order valence-corrected chi connectivity index (χ3v) is 4.36. The van der Waals surface area contributed by atoms with Crippen molar-refractivity contribution < 1.29 is 4.92 Å². The van der Waals surface area contributed by atoms with E-state index in [-0.39, 0.29) is 10.6 Å². The van der Waals surface area contributed by atoms with E-state index >= 15 is 0 Å². The van der Waals surface area contributed by atoms with Gasteiger partial charge in [0.15, 0.2) is 0 Å². The number of halogens is 1. The lowest BCUT2D eigenvalue weighted by Crippen LogP contribution is -2.34. The summed E-state index contributed by atoms with van der Waals surface area (Å²) in [7, 11) is 0. The second-order valence-corrected chi connectivity index (χ2v) is 5.57. The van der Waals surface area contributed by atoms with E-state index in [2.05, 4.69) is 31.1 Å². The molecule has 2 fully saturated rings. The zero-order chi connectivity index (χ0) is 12.7. The molecule has 0 radical (unpaired) electrons. The van der Waals surface area contributed by atoms with Crippen LogP contribution in [0.2, 0.25) is 0 Å². The Morgan fingerprint density at radius 1 is 1.50 bits per heavy atom. The molecule has 2 aliphatic rings. The summed E-state index contributed by atoms with van der Waals surface area (Å²) in [5.74, 6) is 0.602. The van der Waals surface area contributed by atoms with E-state index in [0.29, 0.717) is 22.1 Å². The van der Waals surface area contributed by atoms with Crippen molar-refractivity contribution in [3.63, 3.8) is 0 Å². The number of anilines is 1. The minimum absolute atomic E-state index is 0.0805. The van der Waals surface area contributed by atoms with Crippen molar-refractivity contribution in [2.45, 2.75) is 12.5 Å². The van der Waals surface area contributed by atoms with Gasteiger partial charge in [0.1, 0.15) is 11.9 Å². The lowest BCUT2D eigenvalue weighted by Gasteiger charge is -2.26. The molecule has 2 aliphatic heterocycles. The predicted molar refractivity (Wildman–Crippen MR) is 70.7 cm³/mol. The molecule has 1 aromatic heterocycles. The Morgan fingerprint density at radius 2 is 2.33 bits per heavy atom. The summed E-state index contributed by atoms with van der Waals surface area (Å²) in [5.41, 5.74) is 0.753. The van der Waals surface area contributed by atoms with E-state index in [4.69, 9.17) is 0 Å². The number of fused-ring (bicyclic) bond motifs is 1. The van der Waals surface area contributed by atoms with Gasteiger partial charge in [0.25, 0.3) is 0 Å². The smallest absolute Gasteiger partial charge is 0.311 e.